The Bertz CT molecular complexity index is 2530. The zero-order chi connectivity index (χ0) is 32.4. The topological polar surface area (TPSA) is 25.8 Å². The molecule has 6 aromatic carbocycles. The molecule has 2 heterocycles. The molecule has 0 spiro atoms. The predicted octanol–water partition coefficient (Wildman–Crippen LogP) is 11.6. The van der Waals surface area contributed by atoms with E-state index in [2.05, 4.69) is 150 Å². The van der Waals surface area contributed by atoms with Crippen LogP contribution in [0.15, 0.2) is 109 Å². The normalized spacial score (nSPS) is 12.8. The minimum absolute atomic E-state index is 0. The Labute approximate surface area is 296 Å². The van der Waals surface area contributed by atoms with Gasteiger partial charge in [0.25, 0.3) is 0 Å². The van der Waals surface area contributed by atoms with Crippen molar-refractivity contribution in [3.05, 3.63) is 155 Å². The molecular weight excluding hydrogens is 761 g/mol. The van der Waals surface area contributed by atoms with Crippen LogP contribution in [0.2, 0.25) is 0 Å². The smallest absolute Gasteiger partial charge is 0.0192 e. The Kier molecular flexibility index (Phi) is 8.02. The van der Waals surface area contributed by atoms with Crippen LogP contribution in [0.25, 0.3) is 65.6 Å². The molecule has 0 aliphatic heterocycles. The maximum Gasteiger partial charge on any atom is 0.0192 e. The molecule has 0 saturated heterocycles. The standard InChI is InChI=1S/C31H22N.C14H14N.Ir/c1-18-8-9-19-10-11-22-23-12-13-32-30-26-15-20-6-4-5-7-21(20)16-27(26)31(2,3)28(29(23)30)17-25(22)24(19)14-18;1-10-4-6-13(7-5-10)14-8-11(2)12(3)9-15-14;/h4-14,16-17H,1-3H3;4-6,8-9H,1-3H3;/q2*-1;. The van der Waals surface area contributed by atoms with Crippen molar-refractivity contribution >= 4 is 43.1 Å². The van der Waals surface area contributed by atoms with Crippen molar-refractivity contribution in [3.8, 4) is 22.5 Å². The number of fused-ring (bicyclic) bond motifs is 7. The SMILES string of the molecule is Cc1c[c-]c(-c2cc(C)c(C)cn2)cc1.Cc1ccc2ccc3c4ccnc5c4c(cc3c2c1)C(C)(C)c1cc2ccccc2[c-]c1-5.[Ir]. The summed E-state index contributed by atoms with van der Waals surface area (Å²) in [4.78, 5) is 9.31. The molecular formula is C45H36IrN2-2. The fourth-order valence-corrected chi connectivity index (χ4v) is 7.13. The molecule has 2 nitrogen and oxygen atoms in total. The molecule has 1 aliphatic carbocycles. The van der Waals surface area contributed by atoms with Gasteiger partial charge < -0.3 is 4.98 Å². The van der Waals surface area contributed by atoms with E-state index >= 15 is 0 Å². The summed E-state index contributed by atoms with van der Waals surface area (Å²) >= 11 is 0. The summed E-state index contributed by atoms with van der Waals surface area (Å²) in [5.74, 6) is 0. The molecule has 0 atom stereocenters. The molecule has 1 radical (unpaired) electrons. The van der Waals surface area contributed by atoms with Crippen molar-refractivity contribution < 1.29 is 20.1 Å². The first kappa shape index (κ1) is 31.9. The van der Waals surface area contributed by atoms with Crippen molar-refractivity contribution in [2.24, 2.45) is 0 Å². The largest absolute Gasteiger partial charge is 0.304 e. The zero-order valence-electron chi connectivity index (χ0n) is 28.1. The van der Waals surface area contributed by atoms with Crippen molar-refractivity contribution in [2.75, 3.05) is 0 Å². The van der Waals surface area contributed by atoms with Gasteiger partial charge in [-0.2, -0.15) is 0 Å². The van der Waals surface area contributed by atoms with Crippen LogP contribution in [-0.4, -0.2) is 9.97 Å². The van der Waals surface area contributed by atoms with Crippen LogP contribution in [0.1, 0.15) is 47.2 Å². The molecule has 9 rings (SSSR count). The Morgan fingerprint density at radius 2 is 1.42 bits per heavy atom. The van der Waals surface area contributed by atoms with Crippen LogP contribution in [0.4, 0.5) is 0 Å². The molecule has 1 aliphatic rings. The number of rotatable bonds is 1. The Morgan fingerprint density at radius 3 is 2.21 bits per heavy atom. The molecule has 3 heteroatoms. The third-order valence-electron chi connectivity index (χ3n) is 10.0. The maximum atomic E-state index is 4.90. The molecule has 237 valence electrons. The van der Waals surface area contributed by atoms with Crippen LogP contribution < -0.4 is 0 Å². The number of nitrogens with zero attached hydrogens (tertiary/aromatic N) is 2. The van der Waals surface area contributed by atoms with Gasteiger partial charge in [-0.25, -0.2) is 0 Å². The van der Waals surface area contributed by atoms with E-state index < -0.39 is 0 Å². The van der Waals surface area contributed by atoms with E-state index in [1.165, 1.54) is 71.1 Å². The van der Waals surface area contributed by atoms with E-state index in [1.807, 2.05) is 18.5 Å². The first-order valence-electron chi connectivity index (χ1n) is 16.3. The summed E-state index contributed by atoms with van der Waals surface area (Å²) in [5, 5.41) is 10.2. The molecule has 0 N–H and O–H groups in total. The maximum absolute atomic E-state index is 4.90. The van der Waals surface area contributed by atoms with Crippen molar-refractivity contribution in [3.63, 3.8) is 0 Å². The molecule has 8 aromatic rings. The van der Waals surface area contributed by atoms with Gasteiger partial charge in [-0.3, -0.25) is 4.98 Å². The molecule has 0 bridgehead atoms. The van der Waals surface area contributed by atoms with Gasteiger partial charge in [0.2, 0.25) is 0 Å². The van der Waals surface area contributed by atoms with Crippen molar-refractivity contribution in [2.45, 2.75) is 47.0 Å². The minimum atomic E-state index is -0.148. The summed E-state index contributed by atoms with van der Waals surface area (Å²) in [6.07, 6.45) is 3.88. The average molecular weight is 797 g/mol. The number of aromatic nitrogens is 2. The number of pyridine rings is 2. The second-order valence-electron chi connectivity index (χ2n) is 13.6. The van der Waals surface area contributed by atoms with Gasteiger partial charge >= 0.3 is 0 Å². The second kappa shape index (κ2) is 12.1. The van der Waals surface area contributed by atoms with Gasteiger partial charge in [0.15, 0.2) is 0 Å². The molecule has 2 aromatic heterocycles. The van der Waals surface area contributed by atoms with Gasteiger partial charge in [-0.15, -0.1) is 59.0 Å². The summed E-state index contributed by atoms with van der Waals surface area (Å²) < 4.78 is 0. The summed E-state index contributed by atoms with van der Waals surface area (Å²) in [5.41, 5.74) is 11.8. The molecule has 0 amide bonds. The Hall–Kier alpha value is -4.69. The number of benzene rings is 6. The predicted molar refractivity (Wildman–Crippen MR) is 198 cm³/mol. The first-order chi connectivity index (χ1) is 22.7. The van der Waals surface area contributed by atoms with E-state index in [4.69, 9.17) is 4.98 Å². The van der Waals surface area contributed by atoms with Gasteiger partial charge in [0, 0.05) is 38.2 Å². The van der Waals surface area contributed by atoms with Crippen LogP contribution in [-0.2, 0) is 25.5 Å². The summed E-state index contributed by atoms with van der Waals surface area (Å²) in [7, 11) is 0. The molecule has 0 saturated carbocycles. The monoisotopic (exact) mass is 797 g/mol. The van der Waals surface area contributed by atoms with E-state index in [1.54, 1.807) is 0 Å². The fourth-order valence-electron chi connectivity index (χ4n) is 7.13. The van der Waals surface area contributed by atoms with Gasteiger partial charge in [-0.1, -0.05) is 109 Å². The van der Waals surface area contributed by atoms with Gasteiger partial charge in [0.1, 0.15) is 0 Å². The molecule has 48 heavy (non-hydrogen) atoms. The molecule has 0 unspecified atom stereocenters. The van der Waals surface area contributed by atoms with E-state index in [0.717, 1.165) is 27.9 Å². The number of hydrogen-bond donors (Lipinski definition) is 0. The van der Waals surface area contributed by atoms with Gasteiger partial charge in [0.05, 0.1) is 0 Å². The first-order valence-corrected chi connectivity index (χ1v) is 16.3. The quantitative estimate of drug-likeness (QED) is 0.122. The fraction of sp³-hybridized carbons (Fsp3) is 0.156. The van der Waals surface area contributed by atoms with Crippen LogP contribution in [0.5, 0.6) is 0 Å². The van der Waals surface area contributed by atoms with E-state index in [-0.39, 0.29) is 25.5 Å². The zero-order valence-corrected chi connectivity index (χ0v) is 30.5. The minimum Gasteiger partial charge on any atom is -0.304 e. The summed E-state index contributed by atoms with van der Waals surface area (Å²) in [6, 6.07) is 42.0. The van der Waals surface area contributed by atoms with Crippen LogP contribution in [0, 0.1) is 39.8 Å². The van der Waals surface area contributed by atoms with Crippen molar-refractivity contribution in [1.82, 2.24) is 9.97 Å². The van der Waals surface area contributed by atoms with Crippen molar-refractivity contribution in [1.29, 1.82) is 0 Å². The summed E-state index contributed by atoms with van der Waals surface area (Å²) in [6.45, 7) is 13.1. The number of hydrogen-bond acceptors (Lipinski definition) is 2. The van der Waals surface area contributed by atoms with Gasteiger partial charge in [-0.05, 0) is 81.4 Å². The van der Waals surface area contributed by atoms with E-state index in [9.17, 15) is 0 Å². The van der Waals surface area contributed by atoms with Crippen LogP contribution >= 0.6 is 0 Å². The third kappa shape index (κ3) is 5.23. The Morgan fingerprint density at radius 1 is 0.625 bits per heavy atom. The van der Waals surface area contributed by atoms with E-state index in [0.29, 0.717) is 0 Å². The van der Waals surface area contributed by atoms with Crippen LogP contribution in [0.3, 0.4) is 0 Å². The average Bonchev–Trinajstić information content (AvgIpc) is 3.08. The third-order valence-corrected chi connectivity index (χ3v) is 10.0. The number of aryl methyl sites for hydroxylation is 4. The Balaban J connectivity index is 0.000000193. The molecule has 0 fully saturated rings. The second-order valence-corrected chi connectivity index (χ2v) is 13.6.